The first-order valence-electron chi connectivity index (χ1n) is 5.79. The van der Waals surface area contributed by atoms with Crippen LogP contribution in [0.4, 0.5) is 8.78 Å². The van der Waals surface area contributed by atoms with Gasteiger partial charge >= 0.3 is 0 Å². The Morgan fingerprint density at radius 2 is 2.30 bits per heavy atom. The van der Waals surface area contributed by atoms with Gasteiger partial charge in [-0.25, -0.2) is 4.21 Å². The zero-order valence-electron chi connectivity index (χ0n) is 11.2. The summed E-state index contributed by atoms with van der Waals surface area (Å²) in [5.41, 5.74) is 0.128. The molecule has 0 fully saturated rings. The maximum absolute atomic E-state index is 13.6. The zero-order valence-corrected chi connectivity index (χ0v) is 12.0. The van der Waals surface area contributed by atoms with Crippen molar-refractivity contribution in [2.24, 2.45) is 4.36 Å². The van der Waals surface area contributed by atoms with E-state index in [-0.39, 0.29) is 5.69 Å². The number of halogens is 2. The number of aromatic nitrogens is 1. The number of alkyl halides is 2. The van der Waals surface area contributed by atoms with Gasteiger partial charge in [0.05, 0.1) is 15.0 Å². The van der Waals surface area contributed by atoms with Crippen molar-refractivity contribution in [1.29, 1.82) is 5.26 Å². The lowest BCUT2D eigenvalue weighted by Crippen LogP contribution is -2.15. The lowest BCUT2D eigenvalue weighted by molar-refractivity contribution is -0.00542. The molecule has 0 saturated carbocycles. The van der Waals surface area contributed by atoms with Crippen molar-refractivity contribution in [2.75, 3.05) is 6.26 Å². The third-order valence-electron chi connectivity index (χ3n) is 2.91. The Morgan fingerprint density at radius 3 is 2.75 bits per heavy atom. The number of nitrogens with zero attached hydrogens (tertiary/aromatic N) is 3. The van der Waals surface area contributed by atoms with Crippen molar-refractivity contribution < 1.29 is 13.0 Å². The molecule has 2 atom stereocenters. The van der Waals surface area contributed by atoms with E-state index in [2.05, 4.69) is 15.9 Å². The summed E-state index contributed by atoms with van der Waals surface area (Å²) in [6, 6.07) is 2.62. The van der Waals surface area contributed by atoms with Crippen LogP contribution in [-0.2, 0) is 15.7 Å². The summed E-state index contributed by atoms with van der Waals surface area (Å²) >= 11 is 0. The van der Waals surface area contributed by atoms with Gasteiger partial charge < -0.3 is 0 Å². The van der Waals surface area contributed by atoms with Crippen LogP contribution in [0.1, 0.15) is 29.9 Å². The molecule has 1 aromatic rings. The Kier molecular flexibility index (Phi) is 4.95. The molecule has 0 saturated heterocycles. The van der Waals surface area contributed by atoms with E-state index in [4.69, 9.17) is 5.26 Å². The van der Waals surface area contributed by atoms with Crippen LogP contribution in [0.15, 0.2) is 35.3 Å². The highest BCUT2D eigenvalue weighted by Crippen LogP contribution is 2.31. The summed E-state index contributed by atoms with van der Waals surface area (Å²) in [5.74, 6) is -3.08. The van der Waals surface area contributed by atoms with E-state index in [0.717, 1.165) is 6.08 Å². The van der Waals surface area contributed by atoms with Crippen LogP contribution in [-0.4, -0.2) is 15.4 Å². The van der Waals surface area contributed by atoms with Crippen molar-refractivity contribution in [1.82, 2.24) is 4.98 Å². The molecule has 0 aliphatic carbocycles. The second-order valence-electron chi connectivity index (χ2n) is 4.37. The molecule has 0 aliphatic rings. The van der Waals surface area contributed by atoms with Gasteiger partial charge in [-0.05, 0) is 18.6 Å². The number of hydrogen-bond donors (Lipinski definition) is 0. The average molecular weight is 299 g/mol. The summed E-state index contributed by atoms with van der Waals surface area (Å²) in [6.07, 6.45) is 4.73. The van der Waals surface area contributed by atoms with Gasteiger partial charge in [-0.3, -0.25) is 4.98 Å². The molecule has 0 amide bonds. The first kappa shape index (κ1) is 16.2. The SMILES string of the molecule is C=CCC(F)(F)c1ccc(C(C)S(C)(=O)=NC#N)cn1. The third kappa shape index (κ3) is 3.61. The van der Waals surface area contributed by atoms with Crippen LogP contribution in [0.25, 0.3) is 0 Å². The molecular formula is C13H15F2N3OS. The Hall–Kier alpha value is -1.81. The van der Waals surface area contributed by atoms with Gasteiger partial charge in [0.25, 0.3) is 5.92 Å². The predicted octanol–water partition coefficient (Wildman–Crippen LogP) is 3.39. The number of nitriles is 1. The van der Waals surface area contributed by atoms with Gasteiger partial charge in [-0.15, -0.1) is 10.9 Å². The molecule has 0 N–H and O–H groups in total. The van der Waals surface area contributed by atoms with Crippen LogP contribution < -0.4 is 0 Å². The zero-order chi connectivity index (χ0) is 15.4. The van der Waals surface area contributed by atoms with Crippen molar-refractivity contribution in [2.45, 2.75) is 24.5 Å². The maximum atomic E-state index is 13.6. The van der Waals surface area contributed by atoms with Crippen molar-refractivity contribution in [3.05, 3.63) is 42.2 Å². The molecule has 7 heteroatoms. The van der Waals surface area contributed by atoms with Crippen LogP contribution >= 0.6 is 0 Å². The van der Waals surface area contributed by atoms with Crippen LogP contribution in [0.3, 0.4) is 0 Å². The molecule has 0 bridgehead atoms. The van der Waals surface area contributed by atoms with E-state index in [1.807, 2.05) is 0 Å². The van der Waals surface area contributed by atoms with E-state index in [9.17, 15) is 13.0 Å². The lowest BCUT2D eigenvalue weighted by atomic mass is 10.1. The van der Waals surface area contributed by atoms with Crippen LogP contribution in [0.2, 0.25) is 0 Å². The fraction of sp³-hybridized carbons (Fsp3) is 0.385. The summed E-state index contributed by atoms with van der Waals surface area (Å²) in [5, 5.41) is 7.92. The summed E-state index contributed by atoms with van der Waals surface area (Å²) in [4.78, 5) is 3.72. The van der Waals surface area contributed by atoms with E-state index >= 15 is 0 Å². The van der Waals surface area contributed by atoms with Gasteiger partial charge in [-0.1, -0.05) is 12.1 Å². The molecule has 20 heavy (non-hydrogen) atoms. The normalized spacial score (nSPS) is 15.8. The fourth-order valence-corrected chi connectivity index (χ4v) is 2.53. The summed E-state index contributed by atoms with van der Waals surface area (Å²) in [7, 11) is -2.75. The molecule has 2 unspecified atom stereocenters. The Balaban J connectivity index is 3.10. The lowest BCUT2D eigenvalue weighted by Gasteiger charge is -2.16. The maximum Gasteiger partial charge on any atom is 0.293 e. The molecule has 4 nitrogen and oxygen atoms in total. The second kappa shape index (κ2) is 6.09. The minimum absolute atomic E-state index is 0.367. The summed E-state index contributed by atoms with van der Waals surface area (Å²) in [6.45, 7) is 4.89. The number of rotatable bonds is 5. The smallest absolute Gasteiger partial charge is 0.255 e. The number of hydrogen-bond acceptors (Lipinski definition) is 4. The van der Waals surface area contributed by atoms with Gasteiger partial charge in [0.15, 0.2) is 0 Å². The van der Waals surface area contributed by atoms with E-state index in [0.29, 0.717) is 5.56 Å². The van der Waals surface area contributed by atoms with Gasteiger partial charge in [-0.2, -0.15) is 14.0 Å². The highest BCUT2D eigenvalue weighted by Gasteiger charge is 2.31. The second-order valence-corrected chi connectivity index (χ2v) is 6.98. The van der Waals surface area contributed by atoms with Crippen molar-refractivity contribution in [3.8, 4) is 6.19 Å². The topological polar surface area (TPSA) is 66.1 Å². The van der Waals surface area contributed by atoms with Crippen molar-refractivity contribution >= 4 is 9.73 Å². The van der Waals surface area contributed by atoms with E-state index in [1.165, 1.54) is 30.8 Å². The molecule has 108 valence electrons. The van der Waals surface area contributed by atoms with Crippen LogP contribution in [0.5, 0.6) is 0 Å². The standard InChI is InChI=1S/C13H15F2N3OS/c1-4-7-13(14,15)12-6-5-11(8-17-12)10(2)20(3,19)18-9-16/h4-6,8,10H,1,7H2,2-3H3. The molecular weight excluding hydrogens is 284 g/mol. The van der Waals surface area contributed by atoms with Gasteiger partial charge in [0.2, 0.25) is 6.19 Å². The number of pyridine rings is 1. The molecule has 0 aromatic carbocycles. The quantitative estimate of drug-likeness (QED) is 0.618. The summed E-state index contributed by atoms with van der Waals surface area (Å²) < 4.78 is 42.7. The highest BCUT2D eigenvalue weighted by atomic mass is 32.2. The molecule has 1 rings (SSSR count). The monoisotopic (exact) mass is 299 g/mol. The first-order valence-corrected chi connectivity index (χ1v) is 7.77. The first-order chi connectivity index (χ1) is 9.24. The molecule has 1 heterocycles. The largest absolute Gasteiger partial charge is 0.293 e. The highest BCUT2D eigenvalue weighted by molar-refractivity contribution is 7.93. The fourth-order valence-electron chi connectivity index (χ4n) is 1.56. The van der Waals surface area contributed by atoms with Crippen molar-refractivity contribution in [3.63, 3.8) is 0 Å². The average Bonchev–Trinajstić information content (AvgIpc) is 2.38. The number of allylic oxidation sites excluding steroid dienone is 1. The van der Waals surface area contributed by atoms with Gasteiger partial charge in [0, 0.05) is 18.9 Å². The third-order valence-corrected chi connectivity index (χ3v) is 4.94. The predicted molar refractivity (Wildman–Crippen MR) is 73.5 cm³/mol. The molecule has 0 spiro atoms. The molecule has 0 radical (unpaired) electrons. The Bertz CT molecular complexity index is 641. The van der Waals surface area contributed by atoms with Gasteiger partial charge in [0.1, 0.15) is 5.69 Å². The minimum Gasteiger partial charge on any atom is -0.255 e. The molecule has 0 aliphatic heterocycles. The Morgan fingerprint density at radius 1 is 1.65 bits per heavy atom. The Labute approximate surface area is 117 Å². The minimum atomic E-state index is -3.08. The molecule has 1 aromatic heterocycles. The van der Waals surface area contributed by atoms with E-state index in [1.54, 1.807) is 6.92 Å². The van der Waals surface area contributed by atoms with Crippen LogP contribution in [0, 0.1) is 11.5 Å². The van der Waals surface area contributed by atoms with E-state index < -0.39 is 27.3 Å².